The summed E-state index contributed by atoms with van der Waals surface area (Å²) in [6, 6.07) is 2.18. The van der Waals surface area contributed by atoms with Gasteiger partial charge in [0.1, 0.15) is 41.5 Å². The van der Waals surface area contributed by atoms with Gasteiger partial charge < -0.3 is 69.7 Å². The van der Waals surface area contributed by atoms with Gasteiger partial charge in [0.15, 0.2) is 0 Å². The van der Waals surface area contributed by atoms with Crippen LogP contribution in [0.4, 0.5) is 18.0 Å². The number of ether oxygens (including phenoxy) is 3. The number of benzene rings is 1. The second kappa shape index (κ2) is 22.1. The summed E-state index contributed by atoms with van der Waals surface area (Å²) in [6.07, 6.45) is -15.0. The summed E-state index contributed by atoms with van der Waals surface area (Å²) in [5.41, 5.74) is -1.45. The Bertz CT molecular complexity index is 1330. The molecule has 19 nitrogen and oxygen atoms in total. The van der Waals surface area contributed by atoms with Crippen LogP contribution in [0.3, 0.4) is 0 Å². The van der Waals surface area contributed by atoms with Crippen molar-refractivity contribution in [1.82, 2.24) is 24.9 Å². The van der Waals surface area contributed by atoms with Crippen LogP contribution in [0.25, 0.3) is 0 Å². The van der Waals surface area contributed by atoms with Crippen LogP contribution < -0.4 is 30.1 Å². The average Bonchev–Trinajstić information content (AvgIpc) is 3.05. The average molecular weight is 910 g/mol. The number of aliphatic hydroxyl groups excluding tert-OH is 4. The maximum absolute atomic E-state index is 14.0. The number of alkyl halides is 3. The number of carbonyl (C=O) groups is 4. The van der Waals surface area contributed by atoms with Gasteiger partial charge in [0.25, 0.3) is 0 Å². The third-order valence-electron chi connectivity index (χ3n) is 8.25. The number of nitrogens with zero attached hydrogens (tertiary/aromatic N) is 4. The van der Waals surface area contributed by atoms with Crippen molar-refractivity contribution in [2.45, 2.75) is 36.9 Å². The minimum absolute atomic E-state index is 0. The van der Waals surface area contributed by atoms with Crippen molar-refractivity contribution in [1.29, 1.82) is 0 Å². The Morgan fingerprint density at radius 2 is 1.26 bits per heavy atom. The van der Waals surface area contributed by atoms with E-state index in [0.29, 0.717) is 6.07 Å². The molecule has 2 saturated heterocycles. The summed E-state index contributed by atoms with van der Waals surface area (Å²) in [6.45, 7) is -1.15. The zero-order valence-electron chi connectivity index (χ0n) is 28.2. The first kappa shape index (κ1) is 46.6. The van der Waals surface area contributed by atoms with Gasteiger partial charge in [-0.15, -0.1) is 0 Å². The Balaban J connectivity index is 0.00000972. The van der Waals surface area contributed by atoms with Crippen LogP contribution in [0.5, 0.6) is 11.5 Å². The van der Waals surface area contributed by atoms with Crippen LogP contribution >= 0.6 is 0 Å². The molecule has 1 amide bonds. The minimum Gasteiger partial charge on any atom is -0.549 e. The predicted octanol–water partition coefficient (Wildman–Crippen LogP) is -6.56. The van der Waals surface area contributed by atoms with E-state index in [0.717, 1.165) is 12.1 Å². The van der Waals surface area contributed by atoms with Crippen LogP contribution in [-0.2, 0) is 25.3 Å². The Kier molecular flexibility index (Phi) is 19.5. The van der Waals surface area contributed by atoms with Gasteiger partial charge in [-0.05, 0) is 18.2 Å². The molecule has 23 heteroatoms. The van der Waals surface area contributed by atoms with E-state index >= 15 is 0 Å². The summed E-state index contributed by atoms with van der Waals surface area (Å²) < 4.78 is 57.2. The molecule has 3 rings (SSSR count). The molecule has 0 spiro atoms. The molecular weight excluding hydrogens is 869 g/mol. The molecule has 5 atom stereocenters. The molecule has 2 fully saturated rings. The van der Waals surface area contributed by atoms with E-state index in [1.807, 2.05) is 0 Å². The predicted molar refractivity (Wildman–Crippen MR) is 161 cm³/mol. The molecule has 2 aliphatic heterocycles. The minimum atomic E-state index is -5.07. The molecule has 0 unspecified atom stereocenters. The molecule has 0 saturated carbocycles. The second-order valence-electron chi connectivity index (χ2n) is 12.1. The summed E-state index contributed by atoms with van der Waals surface area (Å²) in [4.78, 5) is 52.8. The molecule has 2 heterocycles. The quantitative estimate of drug-likeness (QED) is 0.123. The zero-order chi connectivity index (χ0) is 38.6. The maximum atomic E-state index is 14.0. The number of nitrogens with one attached hydrogen (secondary N) is 1. The van der Waals surface area contributed by atoms with Crippen LogP contribution in [-0.4, -0.2) is 186 Å². The number of carboxylic acids is 3. The van der Waals surface area contributed by atoms with Crippen LogP contribution in [0.1, 0.15) is 5.56 Å². The number of carbonyl (C=O) groups excluding carboxylic acids is 4. The topological polar surface area (TPSA) is 271 Å². The standard InChI is InChI=1S/C30H44F3N5O14.Gd/c31-30(32,33)19-13-18(50-28-27(48)26(47)25(46)21(17-39)51-28)1-2-20(19)52-29(49)34-3-4-35-5-7-36(14-22(40)41)9-11-38(16-24(44)45)12-10-37(8-6-35)15-23(42)43;/h1-2,13,21,25-28,39,46-48H,3-12,14-17H2,(H,34,49)(H,40,41)(H,42,43)(H,44,45);/q;+3/p-3/t21-,25+,26+,27-,28+;/m1./s1. The molecule has 1 aromatic carbocycles. The first-order valence-corrected chi connectivity index (χ1v) is 16.1. The summed E-state index contributed by atoms with van der Waals surface area (Å²) in [5.74, 6) is -5.55. The van der Waals surface area contributed by atoms with Gasteiger partial charge in [-0.3, -0.25) is 19.6 Å². The van der Waals surface area contributed by atoms with Crippen molar-refractivity contribution in [2.75, 3.05) is 91.7 Å². The van der Waals surface area contributed by atoms with Crippen LogP contribution in [0, 0.1) is 39.9 Å². The van der Waals surface area contributed by atoms with Crippen molar-refractivity contribution in [3.05, 3.63) is 23.8 Å². The Morgan fingerprint density at radius 3 is 1.70 bits per heavy atom. The fraction of sp³-hybridized carbons (Fsp3) is 0.667. The van der Waals surface area contributed by atoms with E-state index in [-0.39, 0.29) is 105 Å². The first-order valence-electron chi connectivity index (χ1n) is 16.1. The molecule has 5 N–H and O–H groups in total. The van der Waals surface area contributed by atoms with E-state index < -0.39 is 104 Å². The van der Waals surface area contributed by atoms with E-state index in [9.17, 15) is 68.1 Å². The van der Waals surface area contributed by atoms with Crippen LogP contribution in [0.15, 0.2) is 18.2 Å². The number of aliphatic hydroxyl groups is 4. The normalized spacial score (nSPS) is 24.5. The van der Waals surface area contributed by atoms with Gasteiger partial charge in [-0.25, -0.2) is 4.79 Å². The molecule has 299 valence electrons. The van der Waals surface area contributed by atoms with Gasteiger partial charge in [-0.1, -0.05) is 0 Å². The van der Waals surface area contributed by atoms with Gasteiger partial charge in [0.05, 0.1) is 24.5 Å². The molecule has 1 aromatic rings. The van der Waals surface area contributed by atoms with E-state index in [2.05, 4.69) is 5.32 Å². The summed E-state index contributed by atoms with van der Waals surface area (Å²) in [5, 5.41) is 75.5. The molecule has 53 heavy (non-hydrogen) atoms. The van der Waals surface area contributed by atoms with Crippen molar-refractivity contribution in [3.63, 3.8) is 0 Å². The summed E-state index contributed by atoms with van der Waals surface area (Å²) >= 11 is 0. The number of rotatable bonds is 13. The van der Waals surface area contributed by atoms with Crippen molar-refractivity contribution in [2.24, 2.45) is 0 Å². The number of halogens is 3. The Hall–Kier alpha value is -2.55. The monoisotopic (exact) mass is 910 g/mol. The van der Waals surface area contributed by atoms with Gasteiger partial charge in [-0.2, -0.15) is 13.2 Å². The molecule has 1 radical (unpaired) electrons. The first-order chi connectivity index (χ1) is 24.5. The molecule has 2 aliphatic rings. The van der Waals surface area contributed by atoms with Crippen molar-refractivity contribution in [3.8, 4) is 11.5 Å². The molecule has 0 bridgehead atoms. The molecule has 0 aromatic heterocycles. The third kappa shape index (κ3) is 15.6. The third-order valence-corrected chi connectivity index (χ3v) is 8.25. The van der Waals surface area contributed by atoms with Gasteiger partial charge in [0.2, 0.25) is 6.29 Å². The van der Waals surface area contributed by atoms with E-state index in [1.54, 1.807) is 4.90 Å². The van der Waals surface area contributed by atoms with Crippen LogP contribution in [0.2, 0.25) is 0 Å². The number of carboxylic acid groups (broad SMARTS) is 3. The van der Waals surface area contributed by atoms with E-state index in [1.165, 1.54) is 14.7 Å². The van der Waals surface area contributed by atoms with Gasteiger partial charge >= 0.3 is 52.2 Å². The number of hydrogen-bond acceptors (Lipinski definition) is 18. The number of amides is 1. The molecular formula is C30H41F3GdN5O14. The molecule has 0 aliphatic carbocycles. The number of aliphatic carboxylic acids is 3. The van der Waals surface area contributed by atoms with Gasteiger partial charge in [0, 0.05) is 85.1 Å². The largest absolute Gasteiger partial charge is 3.00 e. The maximum Gasteiger partial charge on any atom is 3.00 e. The second-order valence-corrected chi connectivity index (χ2v) is 12.1. The SMILES string of the molecule is O=C([O-])CN1CCN(CCNC(=O)Oc2ccc(O[C@H]3O[C@H](CO)[C@H](O)[C@H](O)[C@H]3O)cc2C(F)(F)F)CCN(CC(=O)[O-])CCN(CC(=O)[O-])CC1.[Gd+3]. The fourth-order valence-electron chi connectivity index (χ4n) is 5.47. The van der Waals surface area contributed by atoms with E-state index in [4.69, 9.17) is 14.2 Å². The summed E-state index contributed by atoms with van der Waals surface area (Å²) in [7, 11) is 0. The zero-order valence-corrected chi connectivity index (χ0v) is 30.4. The van der Waals surface area contributed by atoms with Crippen molar-refractivity contribution >= 4 is 24.0 Å². The number of hydrogen-bond donors (Lipinski definition) is 5. The van der Waals surface area contributed by atoms with Crippen molar-refractivity contribution < 1.29 is 122 Å². The fourth-order valence-corrected chi connectivity index (χ4v) is 5.47. The smallest absolute Gasteiger partial charge is 0.549 e. The Labute approximate surface area is 333 Å². The Morgan fingerprint density at radius 1 is 0.792 bits per heavy atom.